The van der Waals surface area contributed by atoms with Crippen molar-refractivity contribution in [2.45, 2.75) is 58.3 Å². The maximum Gasteiger partial charge on any atom is 0.188 e. The van der Waals surface area contributed by atoms with Crippen LogP contribution in [0.4, 0.5) is 17.6 Å². The summed E-state index contributed by atoms with van der Waals surface area (Å²) in [6, 6.07) is 1.91. The SMILES string of the molecule is C=C(F)/C(O)=C(F)\C=C(/C)OCCCCCCCCCCOc1cc(F)c(O)c(F)c1. The van der Waals surface area contributed by atoms with Crippen LogP contribution in [0, 0.1) is 11.6 Å². The van der Waals surface area contributed by atoms with Crippen LogP contribution in [0.3, 0.4) is 0 Å². The minimum absolute atomic E-state index is 0.0588. The molecule has 0 amide bonds. The topological polar surface area (TPSA) is 58.9 Å². The highest BCUT2D eigenvalue weighted by atomic mass is 19.1. The number of hydrogen-bond acceptors (Lipinski definition) is 4. The molecule has 0 fully saturated rings. The standard InChI is InChI=1S/C23H30F4O4/c1-16(13-19(25)22(28)17(2)24)30-11-9-7-5-3-4-6-8-10-12-31-18-14-20(26)23(29)21(27)15-18/h13-15,28-29H,2-12H2,1H3/b16-13+,22-19-. The minimum atomic E-state index is -1.24. The molecule has 1 rings (SSSR count). The van der Waals surface area contributed by atoms with Gasteiger partial charge in [0, 0.05) is 18.2 Å². The highest BCUT2D eigenvalue weighted by molar-refractivity contribution is 5.33. The molecule has 0 heterocycles. The summed E-state index contributed by atoms with van der Waals surface area (Å²) in [5, 5.41) is 18.1. The van der Waals surface area contributed by atoms with Gasteiger partial charge >= 0.3 is 0 Å². The predicted octanol–water partition coefficient (Wildman–Crippen LogP) is 7.31. The van der Waals surface area contributed by atoms with Gasteiger partial charge in [-0.05, 0) is 19.8 Å². The first-order chi connectivity index (χ1) is 14.7. The molecule has 0 bridgehead atoms. The van der Waals surface area contributed by atoms with Crippen LogP contribution >= 0.6 is 0 Å². The molecule has 0 radical (unpaired) electrons. The van der Waals surface area contributed by atoms with Crippen LogP contribution in [0.1, 0.15) is 58.3 Å². The molecular weight excluding hydrogens is 416 g/mol. The Labute approximate surface area is 180 Å². The zero-order chi connectivity index (χ0) is 23.2. The number of phenols is 1. The summed E-state index contributed by atoms with van der Waals surface area (Å²) in [6.07, 6.45) is 8.55. The molecule has 0 aliphatic rings. The van der Waals surface area contributed by atoms with Gasteiger partial charge in [-0.15, -0.1) is 0 Å². The molecule has 31 heavy (non-hydrogen) atoms. The summed E-state index contributed by atoms with van der Waals surface area (Å²) < 4.78 is 63.0. The molecule has 1 aromatic rings. The number of hydrogen-bond donors (Lipinski definition) is 2. The van der Waals surface area contributed by atoms with Crippen molar-refractivity contribution in [1.82, 2.24) is 0 Å². The van der Waals surface area contributed by atoms with Crippen LogP contribution in [0.25, 0.3) is 0 Å². The highest BCUT2D eigenvalue weighted by Crippen LogP contribution is 2.25. The van der Waals surface area contributed by atoms with Gasteiger partial charge in [0.25, 0.3) is 0 Å². The van der Waals surface area contributed by atoms with Gasteiger partial charge in [0.2, 0.25) is 0 Å². The van der Waals surface area contributed by atoms with Crippen LogP contribution in [0.2, 0.25) is 0 Å². The Morgan fingerprint density at radius 3 is 1.94 bits per heavy atom. The van der Waals surface area contributed by atoms with Crippen molar-refractivity contribution in [2.24, 2.45) is 0 Å². The van der Waals surface area contributed by atoms with Crippen LogP contribution in [-0.4, -0.2) is 23.4 Å². The maximum atomic E-state index is 13.4. The second-order valence-corrected chi connectivity index (χ2v) is 7.12. The lowest BCUT2D eigenvalue weighted by Gasteiger charge is -2.08. The van der Waals surface area contributed by atoms with Crippen molar-refractivity contribution in [2.75, 3.05) is 13.2 Å². The van der Waals surface area contributed by atoms with E-state index in [9.17, 15) is 17.6 Å². The van der Waals surface area contributed by atoms with Gasteiger partial charge in [0.05, 0.1) is 19.0 Å². The third-order valence-corrected chi connectivity index (χ3v) is 4.44. The van der Waals surface area contributed by atoms with Gasteiger partial charge in [-0.2, -0.15) is 0 Å². The summed E-state index contributed by atoms with van der Waals surface area (Å²) in [5.74, 6) is -6.28. The van der Waals surface area contributed by atoms with E-state index in [1.165, 1.54) is 6.92 Å². The van der Waals surface area contributed by atoms with Gasteiger partial charge in [0.15, 0.2) is 34.8 Å². The summed E-state index contributed by atoms with van der Waals surface area (Å²) >= 11 is 0. The average molecular weight is 446 g/mol. The first-order valence-electron chi connectivity index (χ1n) is 10.3. The molecule has 8 heteroatoms. The number of phenolic OH excluding ortho intramolecular Hbond substituents is 1. The van der Waals surface area contributed by atoms with E-state index < -0.39 is 34.8 Å². The summed E-state index contributed by atoms with van der Waals surface area (Å²) in [6.45, 7) is 5.09. The Bertz CT molecular complexity index is 752. The van der Waals surface area contributed by atoms with Gasteiger partial charge in [0.1, 0.15) is 5.75 Å². The number of halogens is 4. The van der Waals surface area contributed by atoms with Gasteiger partial charge in [-0.1, -0.05) is 45.1 Å². The van der Waals surface area contributed by atoms with Crippen LogP contribution in [0.5, 0.6) is 11.5 Å². The monoisotopic (exact) mass is 446 g/mol. The zero-order valence-corrected chi connectivity index (χ0v) is 17.7. The minimum Gasteiger partial charge on any atom is -0.503 e. The van der Waals surface area contributed by atoms with E-state index in [4.69, 9.17) is 19.7 Å². The van der Waals surface area contributed by atoms with Crippen molar-refractivity contribution in [3.63, 3.8) is 0 Å². The van der Waals surface area contributed by atoms with Crippen LogP contribution in [-0.2, 0) is 4.74 Å². The molecule has 1 aromatic carbocycles. The third-order valence-electron chi connectivity index (χ3n) is 4.44. The summed E-state index contributed by atoms with van der Waals surface area (Å²) in [4.78, 5) is 0. The number of benzene rings is 1. The molecule has 0 saturated heterocycles. The Kier molecular flexibility index (Phi) is 12.2. The van der Waals surface area contributed by atoms with Crippen LogP contribution < -0.4 is 4.74 Å². The number of allylic oxidation sites excluding steroid dienone is 4. The smallest absolute Gasteiger partial charge is 0.188 e. The molecule has 0 aliphatic carbocycles. The number of rotatable bonds is 15. The van der Waals surface area contributed by atoms with Gasteiger partial charge in [-0.3, -0.25) is 0 Å². The third kappa shape index (κ3) is 10.8. The fourth-order valence-corrected chi connectivity index (χ4v) is 2.73. The van der Waals surface area contributed by atoms with E-state index in [0.29, 0.717) is 13.2 Å². The Morgan fingerprint density at radius 1 is 0.935 bits per heavy atom. The van der Waals surface area contributed by atoms with E-state index >= 15 is 0 Å². The van der Waals surface area contributed by atoms with Crippen molar-refractivity contribution in [3.05, 3.63) is 59.6 Å². The number of unbranched alkanes of at least 4 members (excludes halogenated alkanes) is 7. The predicted molar refractivity (Wildman–Crippen MR) is 111 cm³/mol. The average Bonchev–Trinajstić information content (AvgIpc) is 2.71. The molecule has 2 N–H and O–H groups in total. The van der Waals surface area contributed by atoms with E-state index in [-0.39, 0.29) is 11.5 Å². The molecule has 0 spiro atoms. The fourth-order valence-electron chi connectivity index (χ4n) is 2.73. The maximum absolute atomic E-state index is 13.4. The lowest BCUT2D eigenvalue weighted by molar-refractivity contribution is 0.205. The second-order valence-electron chi connectivity index (χ2n) is 7.12. The zero-order valence-electron chi connectivity index (χ0n) is 17.7. The molecule has 174 valence electrons. The first-order valence-corrected chi connectivity index (χ1v) is 10.3. The largest absolute Gasteiger partial charge is 0.503 e. The van der Waals surface area contributed by atoms with E-state index in [1.54, 1.807) is 0 Å². The highest BCUT2D eigenvalue weighted by Gasteiger charge is 2.10. The lowest BCUT2D eigenvalue weighted by Crippen LogP contribution is -1.98. The second kappa shape index (κ2) is 14.4. The lowest BCUT2D eigenvalue weighted by atomic mass is 10.1. The summed E-state index contributed by atoms with van der Waals surface area (Å²) in [5.41, 5.74) is 0. The molecule has 4 nitrogen and oxygen atoms in total. The fraction of sp³-hybridized carbons (Fsp3) is 0.478. The molecule has 0 atom stereocenters. The van der Waals surface area contributed by atoms with Crippen molar-refractivity contribution < 1.29 is 37.2 Å². The van der Waals surface area contributed by atoms with Crippen molar-refractivity contribution in [3.8, 4) is 11.5 Å². The first kappa shape index (κ1) is 26.4. The summed E-state index contributed by atoms with van der Waals surface area (Å²) in [7, 11) is 0. The number of aromatic hydroxyl groups is 1. The number of ether oxygens (including phenoxy) is 2. The number of aliphatic hydroxyl groups is 1. The molecule has 0 aromatic heterocycles. The Hall–Kier alpha value is -2.64. The quantitative estimate of drug-likeness (QED) is 0.128. The van der Waals surface area contributed by atoms with Gasteiger partial charge in [-0.25, -0.2) is 17.6 Å². The van der Waals surface area contributed by atoms with E-state index in [1.807, 2.05) is 0 Å². The van der Waals surface area contributed by atoms with E-state index in [2.05, 4.69) is 6.58 Å². The van der Waals surface area contributed by atoms with Crippen LogP contribution in [0.15, 0.2) is 48.0 Å². The normalized spacial score (nSPS) is 12.5. The molecule has 0 unspecified atom stereocenters. The van der Waals surface area contributed by atoms with Crippen molar-refractivity contribution >= 4 is 0 Å². The Morgan fingerprint density at radius 2 is 1.42 bits per heavy atom. The number of aliphatic hydroxyl groups excluding tert-OH is 1. The molecule has 0 aliphatic heterocycles. The van der Waals surface area contributed by atoms with E-state index in [0.717, 1.165) is 69.6 Å². The Balaban J connectivity index is 2.01. The van der Waals surface area contributed by atoms with Gasteiger partial charge < -0.3 is 19.7 Å². The molecular formula is C23H30F4O4. The molecule has 0 saturated carbocycles. The van der Waals surface area contributed by atoms with Crippen molar-refractivity contribution in [1.29, 1.82) is 0 Å².